The normalized spacial score (nSPS) is 10.4. The molecule has 0 aliphatic carbocycles. The zero-order chi connectivity index (χ0) is 11.1. The van der Waals surface area contributed by atoms with Gasteiger partial charge < -0.3 is 10.1 Å². The van der Waals surface area contributed by atoms with E-state index in [-0.39, 0.29) is 5.95 Å². The van der Waals surface area contributed by atoms with E-state index in [1.165, 1.54) is 6.20 Å². The SMILES string of the molecule is CCCOc1ccnc(NCC(F)F)n1. The zero-order valence-electron chi connectivity index (χ0n) is 8.41. The third-order valence-electron chi connectivity index (χ3n) is 1.50. The minimum atomic E-state index is -2.42. The van der Waals surface area contributed by atoms with Gasteiger partial charge in [0.2, 0.25) is 11.8 Å². The maximum atomic E-state index is 11.9. The second kappa shape index (κ2) is 6.10. The van der Waals surface area contributed by atoms with Gasteiger partial charge in [-0.15, -0.1) is 0 Å². The molecule has 1 aromatic heterocycles. The van der Waals surface area contributed by atoms with Crippen molar-refractivity contribution in [3.8, 4) is 5.88 Å². The Hall–Kier alpha value is -1.46. The maximum Gasteiger partial charge on any atom is 0.255 e. The third-order valence-corrected chi connectivity index (χ3v) is 1.50. The molecule has 0 spiro atoms. The topological polar surface area (TPSA) is 47.0 Å². The molecular formula is C9H13F2N3O. The van der Waals surface area contributed by atoms with Crippen LogP contribution < -0.4 is 10.1 Å². The van der Waals surface area contributed by atoms with Gasteiger partial charge in [-0.3, -0.25) is 0 Å². The minimum Gasteiger partial charge on any atom is -0.478 e. The Bertz CT molecular complexity index is 296. The number of nitrogens with zero attached hydrogens (tertiary/aromatic N) is 2. The van der Waals surface area contributed by atoms with Crippen LogP contribution in [0.5, 0.6) is 5.88 Å². The van der Waals surface area contributed by atoms with E-state index in [0.29, 0.717) is 12.5 Å². The summed E-state index contributed by atoms with van der Waals surface area (Å²) < 4.78 is 29.0. The van der Waals surface area contributed by atoms with Crippen molar-refractivity contribution in [1.82, 2.24) is 9.97 Å². The molecule has 4 nitrogen and oxygen atoms in total. The largest absolute Gasteiger partial charge is 0.478 e. The number of rotatable bonds is 6. The fourth-order valence-corrected chi connectivity index (χ4v) is 0.883. The summed E-state index contributed by atoms with van der Waals surface area (Å²) in [5.74, 6) is 0.549. The molecule has 0 radical (unpaired) electrons. The minimum absolute atomic E-state index is 0.156. The van der Waals surface area contributed by atoms with Crippen LogP contribution in [0.4, 0.5) is 14.7 Å². The van der Waals surface area contributed by atoms with Crippen LogP contribution in [0.3, 0.4) is 0 Å². The zero-order valence-corrected chi connectivity index (χ0v) is 8.41. The molecule has 0 fully saturated rings. The van der Waals surface area contributed by atoms with Gasteiger partial charge >= 0.3 is 0 Å². The van der Waals surface area contributed by atoms with Crippen LogP contribution in [-0.4, -0.2) is 29.5 Å². The first-order valence-corrected chi connectivity index (χ1v) is 4.70. The molecule has 1 N–H and O–H groups in total. The molecule has 0 bridgehead atoms. The lowest BCUT2D eigenvalue weighted by Crippen LogP contribution is -2.12. The smallest absolute Gasteiger partial charge is 0.255 e. The molecule has 6 heteroatoms. The van der Waals surface area contributed by atoms with Gasteiger partial charge in [-0.2, -0.15) is 4.98 Å². The lowest BCUT2D eigenvalue weighted by Gasteiger charge is -2.06. The highest BCUT2D eigenvalue weighted by Crippen LogP contribution is 2.08. The molecule has 1 aromatic rings. The molecule has 0 aliphatic heterocycles. The second-order valence-corrected chi connectivity index (χ2v) is 2.84. The number of anilines is 1. The predicted octanol–water partition coefficient (Wildman–Crippen LogP) is 1.94. The molecule has 0 unspecified atom stereocenters. The lowest BCUT2D eigenvalue weighted by atomic mass is 10.5. The van der Waals surface area contributed by atoms with E-state index in [1.54, 1.807) is 6.07 Å². The average molecular weight is 217 g/mol. The summed E-state index contributed by atoms with van der Waals surface area (Å²) in [7, 11) is 0. The monoisotopic (exact) mass is 217 g/mol. The summed E-state index contributed by atoms with van der Waals surface area (Å²) in [5.41, 5.74) is 0. The maximum absolute atomic E-state index is 11.9. The molecule has 0 aromatic carbocycles. The van der Waals surface area contributed by atoms with Gasteiger partial charge in [0, 0.05) is 12.3 Å². The van der Waals surface area contributed by atoms with Crippen molar-refractivity contribution in [1.29, 1.82) is 0 Å². The van der Waals surface area contributed by atoms with Gasteiger partial charge in [-0.05, 0) is 6.42 Å². The fraction of sp³-hybridized carbons (Fsp3) is 0.556. The fourth-order valence-electron chi connectivity index (χ4n) is 0.883. The van der Waals surface area contributed by atoms with Crippen LogP contribution in [-0.2, 0) is 0 Å². The predicted molar refractivity (Wildman–Crippen MR) is 52.3 cm³/mol. The molecule has 0 aliphatic rings. The summed E-state index contributed by atoms with van der Waals surface area (Å²) in [6.07, 6.45) is -0.0934. The van der Waals surface area contributed by atoms with E-state index in [0.717, 1.165) is 6.42 Å². The molecule has 1 rings (SSSR count). The molecule has 15 heavy (non-hydrogen) atoms. The average Bonchev–Trinajstić information content (AvgIpc) is 2.24. The van der Waals surface area contributed by atoms with Crippen LogP contribution in [0.2, 0.25) is 0 Å². The molecule has 1 heterocycles. The Balaban J connectivity index is 2.50. The summed E-state index contributed by atoms with van der Waals surface area (Å²) in [6, 6.07) is 1.59. The van der Waals surface area contributed by atoms with Gasteiger partial charge in [-0.25, -0.2) is 13.8 Å². The number of halogens is 2. The van der Waals surface area contributed by atoms with Crippen molar-refractivity contribution in [3.05, 3.63) is 12.3 Å². The van der Waals surface area contributed by atoms with Crippen molar-refractivity contribution >= 4 is 5.95 Å². The van der Waals surface area contributed by atoms with Crippen LogP contribution in [0.25, 0.3) is 0 Å². The summed E-state index contributed by atoms with van der Waals surface area (Å²) >= 11 is 0. The van der Waals surface area contributed by atoms with E-state index in [1.807, 2.05) is 6.92 Å². The number of alkyl halides is 2. The van der Waals surface area contributed by atoms with Crippen molar-refractivity contribution in [3.63, 3.8) is 0 Å². The molecule has 0 saturated carbocycles. The van der Waals surface area contributed by atoms with Gasteiger partial charge in [0.25, 0.3) is 6.43 Å². The van der Waals surface area contributed by atoms with E-state index < -0.39 is 13.0 Å². The van der Waals surface area contributed by atoms with Gasteiger partial charge in [0.15, 0.2) is 0 Å². The van der Waals surface area contributed by atoms with Crippen molar-refractivity contribution in [2.75, 3.05) is 18.5 Å². The molecule has 84 valence electrons. The summed E-state index contributed by atoms with van der Waals surface area (Å²) in [5, 5.41) is 2.41. The first kappa shape index (κ1) is 11.6. The van der Waals surface area contributed by atoms with Gasteiger partial charge in [-0.1, -0.05) is 6.92 Å². The van der Waals surface area contributed by atoms with Crippen LogP contribution >= 0.6 is 0 Å². The highest BCUT2D eigenvalue weighted by Gasteiger charge is 2.04. The van der Waals surface area contributed by atoms with Crippen molar-refractivity contribution < 1.29 is 13.5 Å². The number of aromatic nitrogens is 2. The Kier molecular flexibility index (Phi) is 4.73. The molecule has 0 atom stereocenters. The van der Waals surface area contributed by atoms with Crippen LogP contribution in [0, 0.1) is 0 Å². The Morgan fingerprint density at radius 3 is 3.00 bits per heavy atom. The first-order chi connectivity index (χ1) is 7.22. The summed E-state index contributed by atoms with van der Waals surface area (Å²) in [6.45, 7) is 2.06. The number of hydrogen-bond donors (Lipinski definition) is 1. The highest BCUT2D eigenvalue weighted by molar-refractivity contribution is 5.27. The molecular weight excluding hydrogens is 204 g/mol. The standard InChI is InChI=1S/C9H13F2N3O/c1-2-5-15-8-3-4-12-9(14-8)13-6-7(10)11/h3-4,7H,2,5-6H2,1H3,(H,12,13,14). The van der Waals surface area contributed by atoms with E-state index in [4.69, 9.17) is 4.74 Å². The first-order valence-electron chi connectivity index (χ1n) is 4.70. The Labute approximate surface area is 86.7 Å². The van der Waals surface area contributed by atoms with Gasteiger partial charge in [0.1, 0.15) is 0 Å². The quantitative estimate of drug-likeness (QED) is 0.791. The summed E-state index contributed by atoms with van der Waals surface area (Å²) in [4.78, 5) is 7.69. The number of hydrogen-bond acceptors (Lipinski definition) is 4. The lowest BCUT2D eigenvalue weighted by molar-refractivity contribution is 0.163. The van der Waals surface area contributed by atoms with Crippen molar-refractivity contribution in [2.24, 2.45) is 0 Å². The Morgan fingerprint density at radius 2 is 2.33 bits per heavy atom. The molecule has 0 amide bonds. The second-order valence-electron chi connectivity index (χ2n) is 2.84. The third kappa shape index (κ3) is 4.53. The van der Waals surface area contributed by atoms with Gasteiger partial charge in [0.05, 0.1) is 13.2 Å². The number of nitrogens with one attached hydrogen (secondary N) is 1. The van der Waals surface area contributed by atoms with E-state index in [2.05, 4.69) is 15.3 Å². The highest BCUT2D eigenvalue weighted by atomic mass is 19.3. The van der Waals surface area contributed by atoms with E-state index in [9.17, 15) is 8.78 Å². The number of ether oxygens (including phenoxy) is 1. The van der Waals surface area contributed by atoms with Crippen LogP contribution in [0.1, 0.15) is 13.3 Å². The molecule has 0 saturated heterocycles. The van der Waals surface area contributed by atoms with Crippen molar-refractivity contribution in [2.45, 2.75) is 19.8 Å². The Morgan fingerprint density at radius 1 is 1.53 bits per heavy atom. The van der Waals surface area contributed by atoms with Crippen LogP contribution in [0.15, 0.2) is 12.3 Å². The van der Waals surface area contributed by atoms with E-state index >= 15 is 0 Å².